The van der Waals surface area contributed by atoms with Gasteiger partial charge in [0.15, 0.2) is 0 Å². The van der Waals surface area contributed by atoms with Crippen molar-refractivity contribution in [2.24, 2.45) is 0 Å². The van der Waals surface area contributed by atoms with Crippen LogP contribution in [0.2, 0.25) is 0 Å². The van der Waals surface area contributed by atoms with Crippen molar-refractivity contribution in [3.8, 4) is 11.5 Å². The van der Waals surface area contributed by atoms with Crippen LogP contribution in [0.5, 0.6) is 0 Å². The van der Waals surface area contributed by atoms with Crippen LogP contribution in [-0.4, -0.2) is 53.6 Å². The van der Waals surface area contributed by atoms with Crippen molar-refractivity contribution in [1.82, 2.24) is 15.1 Å². The van der Waals surface area contributed by atoms with Crippen molar-refractivity contribution >= 4 is 0 Å². The summed E-state index contributed by atoms with van der Waals surface area (Å²) in [6.07, 6.45) is 6.29. The van der Waals surface area contributed by atoms with Crippen LogP contribution in [0.4, 0.5) is 0 Å². The fourth-order valence-electron chi connectivity index (χ4n) is 3.98. The average molecular weight is 386 g/mol. The van der Waals surface area contributed by atoms with Crippen LogP contribution in [0.3, 0.4) is 0 Å². The van der Waals surface area contributed by atoms with E-state index in [1.165, 1.54) is 18.4 Å². The van der Waals surface area contributed by atoms with Gasteiger partial charge in [0.25, 0.3) is 0 Å². The van der Waals surface area contributed by atoms with E-state index >= 15 is 0 Å². The molecule has 0 aliphatic carbocycles. The number of piperidine rings is 1. The van der Waals surface area contributed by atoms with E-state index in [2.05, 4.69) is 41.1 Å². The number of ether oxygens (including phenoxy) is 2. The third kappa shape index (κ3) is 4.80. The Morgan fingerprint density at radius 3 is 2.61 bits per heavy atom. The van der Waals surface area contributed by atoms with Gasteiger partial charge in [-0.1, -0.05) is 17.7 Å². The summed E-state index contributed by atoms with van der Waals surface area (Å²) in [6, 6.07) is 8.29. The molecule has 2 saturated heterocycles. The predicted octanol–water partition coefficient (Wildman–Crippen LogP) is 4.16. The van der Waals surface area contributed by atoms with Crippen molar-refractivity contribution in [3.05, 3.63) is 35.7 Å². The molecule has 2 fully saturated rings. The van der Waals surface area contributed by atoms with Gasteiger partial charge in [0.05, 0.1) is 24.9 Å². The van der Waals surface area contributed by atoms with Crippen LogP contribution < -0.4 is 0 Å². The maximum atomic E-state index is 6.12. The summed E-state index contributed by atoms with van der Waals surface area (Å²) in [5, 5.41) is 8.55. The van der Waals surface area contributed by atoms with E-state index in [-0.39, 0.29) is 6.04 Å². The highest BCUT2D eigenvalue weighted by atomic mass is 16.5. The Morgan fingerprint density at radius 2 is 1.89 bits per heavy atom. The first-order chi connectivity index (χ1) is 13.7. The van der Waals surface area contributed by atoms with Crippen LogP contribution in [0.15, 0.2) is 28.7 Å². The van der Waals surface area contributed by atoms with E-state index in [9.17, 15) is 0 Å². The number of aryl methyl sites for hydroxylation is 1. The van der Waals surface area contributed by atoms with Gasteiger partial charge < -0.3 is 13.9 Å². The van der Waals surface area contributed by atoms with Gasteiger partial charge >= 0.3 is 0 Å². The standard InChI is InChI=1S/C22H31N3O3/c1-16-6-8-18(9-7-16)22-24-23-21(28-22)17(2)25-12-10-19(11-13-25)27-15-20-5-3-4-14-26-20/h6-9,17,19-20H,3-5,10-15H2,1-2H3. The maximum Gasteiger partial charge on any atom is 0.247 e. The third-order valence-electron chi connectivity index (χ3n) is 5.91. The second kappa shape index (κ2) is 9.16. The molecule has 1 aromatic heterocycles. The first kappa shape index (κ1) is 19.6. The number of nitrogens with zero attached hydrogens (tertiary/aromatic N) is 3. The third-order valence-corrected chi connectivity index (χ3v) is 5.91. The van der Waals surface area contributed by atoms with Gasteiger partial charge in [-0.15, -0.1) is 10.2 Å². The molecule has 6 nitrogen and oxygen atoms in total. The van der Waals surface area contributed by atoms with Crippen molar-refractivity contribution in [1.29, 1.82) is 0 Å². The highest BCUT2D eigenvalue weighted by molar-refractivity contribution is 5.52. The molecular formula is C22H31N3O3. The molecule has 0 bridgehead atoms. The number of benzene rings is 1. The zero-order valence-corrected chi connectivity index (χ0v) is 17.0. The van der Waals surface area contributed by atoms with Gasteiger partial charge in [-0.2, -0.15) is 0 Å². The summed E-state index contributed by atoms with van der Waals surface area (Å²) < 4.78 is 17.9. The van der Waals surface area contributed by atoms with Crippen LogP contribution in [-0.2, 0) is 9.47 Å². The molecule has 6 heteroatoms. The molecule has 0 radical (unpaired) electrons. The Bertz CT molecular complexity index is 732. The van der Waals surface area contributed by atoms with Gasteiger partial charge in [-0.3, -0.25) is 4.90 Å². The number of rotatable bonds is 6. The van der Waals surface area contributed by atoms with E-state index in [0.29, 0.717) is 24.0 Å². The summed E-state index contributed by atoms with van der Waals surface area (Å²) in [7, 11) is 0. The van der Waals surface area contributed by atoms with E-state index in [1.54, 1.807) is 0 Å². The van der Waals surface area contributed by atoms with Gasteiger partial charge in [0.1, 0.15) is 0 Å². The largest absolute Gasteiger partial charge is 0.419 e. The number of hydrogen-bond acceptors (Lipinski definition) is 6. The van der Waals surface area contributed by atoms with Crippen LogP contribution in [0, 0.1) is 6.92 Å². The van der Waals surface area contributed by atoms with Gasteiger partial charge in [0, 0.05) is 25.3 Å². The lowest BCUT2D eigenvalue weighted by Crippen LogP contribution is -2.39. The van der Waals surface area contributed by atoms with E-state index in [4.69, 9.17) is 13.9 Å². The van der Waals surface area contributed by atoms with Crippen molar-refractivity contribution < 1.29 is 13.9 Å². The monoisotopic (exact) mass is 385 g/mol. The average Bonchev–Trinajstić information content (AvgIpc) is 3.24. The molecule has 2 aliphatic rings. The van der Waals surface area contributed by atoms with E-state index < -0.39 is 0 Å². The molecule has 3 heterocycles. The topological polar surface area (TPSA) is 60.6 Å². The van der Waals surface area contributed by atoms with Gasteiger partial charge in [-0.05, 0) is 58.1 Å². The van der Waals surface area contributed by atoms with Crippen LogP contribution in [0.1, 0.15) is 56.5 Å². The molecule has 2 atom stereocenters. The van der Waals surface area contributed by atoms with Crippen LogP contribution in [0.25, 0.3) is 11.5 Å². The van der Waals surface area contributed by atoms with Gasteiger partial charge in [0.2, 0.25) is 11.8 Å². The summed E-state index contributed by atoms with van der Waals surface area (Å²) >= 11 is 0. The normalized spacial score (nSPS) is 23.0. The lowest BCUT2D eigenvalue weighted by molar-refractivity contribution is -0.0773. The molecule has 0 spiro atoms. The fraction of sp³-hybridized carbons (Fsp3) is 0.636. The van der Waals surface area contributed by atoms with Gasteiger partial charge in [-0.25, -0.2) is 0 Å². The van der Waals surface area contributed by atoms with E-state index in [0.717, 1.165) is 51.1 Å². The second-order valence-corrected chi connectivity index (χ2v) is 8.04. The minimum absolute atomic E-state index is 0.120. The zero-order chi connectivity index (χ0) is 19.3. The van der Waals surface area contributed by atoms with E-state index in [1.807, 2.05) is 12.1 Å². The van der Waals surface area contributed by atoms with Crippen molar-refractivity contribution in [2.75, 3.05) is 26.3 Å². The molecule has 152 valence electrons. The maximum absolute atomic E-state index is 6.12. The molecule has 0 amide bonds. The summed E-state index contributed by atoms with van der Waals surface area (Å²) in [4.78, 5) is 2.41. The summed E-state index contributed by atoms with van der Waals surface area (Å²) in [5.41, 5.74) is 2.19. The zero-order valence-electron chi connectivity index (χ0n) is 17.0. The molecular weight excluding hydrogens is 354 g/mol. The first-order valence-electron chi connectivity index (χ1n) is 10.6. The number of likely N-dealkylation sites (tertiary alicyclic amines) is 1. The molecule has 2 unspecified atom stereocenters. The second-order valence-electron chi connectivity index (χ2n) is 8.04. The molecule has 4 rings (SSSR count). The molecule has 1 aromatic carbocycles. The van der Waals surface area contributed by atoms with Crippen molar-refractivity contribution in [3.63, 3.8) is 0 Å². The molecule has 2 aromatic rings. The Balaban J connectivity index is 1.27. The highest BCUT2D eigenvalue weighted by Crippen LogP contribution is 2.27. The number of aromatic nitrogens is 2. The Labute approximate surface area is 167 Å². The SMILES string of the molecule is Cc1ccc(-c2nnc(C(C)N3CCC(OCC4CCCCO4)CC3)o2)cc1. The molecule has 0 N–H and O–H groups in total. The Hall–Kier alpha value is -1.76. The Kier molecular flexibility index (Phi) is 6.40. The first-order valence-corrected chi connectivity index (χ1v) is 10.6. The Morgan fingerprint density at radius 1 is 1.11 bits per heavy atom. The predicted molar refractivity (Wildman–Crippen MR) is 107 cm³/mol. The minimum Gasteiger partial charge on any atom is -0.419 e. The molecule has 0 saturated carbocycles. The molecule has 28 heavy (non-hydrogen) atoms. The highest BCUT2D eigenvalue weighted by Gasteiger charge is 2.28. The van der Waals surface area contributed by atoms with Crippen LogP contribution >= 0.6 is 0 Å². The van der Waals surface area contributed by atoms with Crippen molar-refractivity contribution in [2.45, 2.75) is 64.2 Å². The summed E-state index contributed by atoms with van der Waals surface area (Å²) in [6.45, 7) is 7.81. The summed E-state index contributed by atoms with van der Waals surface area (Å²) in [5.74, 6) is 1.28. The number of hydrogen-bond donors (Lipinski definition) is 0. The smallest absolute Gasteiger partial charge is 0.247 e. The fourth-order valence-corrected chi connectivity index (χ4v) is 3.98. The lowest BCUT2D eigenvalue weighted by Gasteiger charge is -2.35. The molecule has 2 aliphatic heterocycles. The lowest BCUT2D eigenvalue weighted by atomic mass is 10.1. The minimum atomic E-state index is 0.120. The quantitative estimate of drug-likeness (QED) is 0.744.